The summed E-state index contributed by atoms with van der Waals surface area (Å²) in [5, 5.41) is 13.2. The van der Waals surface area contributed by atoms with Gasteiger partial charge in [0.1, 0.15) is 0 Å². The van der Waals surface area contributed by atoms with E-state index in [1.54, 1.807) is 17.1 Å². The second-order valence-electron chi connectivity index (χ2n) is 11.1. The van der Waals surface area contributed by atoms with Crippen LogP contribution in [0.2, 0.25) is 0 Å². The van der Waals surface area contributed by atoms with Crippen LogP contribution < -0.4 is 0 Å². The van der Waals surface area contributed by atoms with Crippen LogP contribution in [0, 0.1) is 5.92 Å². The second-order valence-corrected chi connectivity index (χ2v) is 12.0. The Morgan fingerprint density at radius 1 is 1.10 bits per heavy atom. The van der Waals surface area contributed by atoms with Gasteiger partial charge in [-0.1, -0.05) is 11.3 Å². The van der Waals surface area contributed by atoms with Crippen molar-refractivity contribution in [2.45, 2.75) is 51.9 Å². The lowest BCUT2D eigenvalue weighted by Gasteiger charge is -2.28. The first kappa shape index (κ1) is 25.3. The van der Waals surface area contributed by atoms with Crippen molar-refractivity contribution >= 4 is 44.2 Å². The Morgan fingerprint density at radius 2 is 1.98 bits per heavy atom. The van der Waals surface area contributed by atoms with E-state index in [1.165, 1.54) is 18.4 Å². The Morgan fingerprint density at radius 3 is 2.75 bits per heavy atom. The molecule has 4 aromatic rings. The summed E-state index contributed by atoms with van der Waals surface area (Å²) in [5.74, 6) is 0.821. The minimum atomic E-state index is 0.0244. The van der Waals surface area contributed by atoms with Crippen molar-refractivity contribution in [3.05, 3.63) is 69.9 Å². The summed E-state index contributed by atoms with van der Waals surface area (Å²) in [6.45, 7) is 3.93. The number of nitrogens with zero attached hydrogens (tertiary/aromatic N) is 8. The first-order valence-corrected chi connectivity index (χ1v) is 14.7. The average Bonchev–Trinajstić information content (AvgIpc) is 3.32. The van der Waals surface area contributed by atoms with Crippen LogP contribution >= 0.6 is 15.9 Å². The van der Waals surface area contributed by atoms with E-state index < -0.39 is 0 Å². The molecule has 11 heteroatoms. The van der Waals surface area contributed by atoms with Crippen LogP contribution in [0.5, 0.6) is 0 Å². The molecule has 1 aromatic carbocycles. The number of halogens is 1. The first-order chi connectivity index (χ1) is 19.4. The Bertz CT molecular complexity index is 1650. The van der Waals surface area contributed by atoms with Gasteiger partial charge in [0.25, 0.3) is 5.91 Å². The molecule has 2 aliphatic heterocycles. The van der Waals surface area contributed by atoms with Crippen molar-refractivity contribution in [1.82, 2.24) is 39.1 Å². The van der Waals surface area contributed by atoms with E-state index in [1.807, 2.05) is 39.9 Å². The highest BCUT2D eigenvalue weighted by Crippen LogP contribution is 2.38. The van der Waals surface area contributed by atoms with Gasteiger partial charge in [-0.2, -0.15) is 5.10 Å². The lowest BCUT2D eigenvalue weighted by atomic mass is 10.1. The van der Waals surface area contributed by atoms with Crippen molar-refractivity contribution < 1.29 is 9.59 Å². The third kappa shape index (κ3) is 4.66. The molecule has 0 unspecified atom stereocenters. The molecule has 0 saturated heterocycles. The fraction of sp³-hybridized carbons (Fsp3) is 0.414. The lowest BCUT2D eigenvalue weighted by molar-refractivity contribution is -0.131. The molecule has 5 heterocycles. The molecule has 1 aliphatic carbocycles. The number of hydrogen-bond donors (Lipinski definition) is 0. The van der Waals surface area contributed by atoms with Gasteiger partial charge >= 0.3 is 0 Å². The van der Waals surface area contributed by atoms with E-state index in [9.17, 15) is 9.59 Å². The molecule has 3 aromatic heterocycles. The first-order valence-electron chi connectivity index (χ1n) is 13.9. The smallest absolute Gasteiger partial charge is 0.254 e. The van der Waals surface area contributed by atoms with Crippen LogP contribution in [0.4, 0.5) is 0 Å². The number of rotatable bonds is 7. The Hall–Kier alpha value is -3.73. The molecule has 0 spiro atoms. The third-order valence-corrected chi connectivity index (χ3v) is 8.93. The Balaban J connectivity index is 1.16. The van der Waals surface area contributed by atoms with Crippen molar-refractivity contribution in [3.63, 3.8) is 0 Å². The van der Waals surface area contributed by atoms with E-state index in [2.05, 4.69) is 48.1 Å². The van der Waals surface area contributed by atoms with E-state index in [4.69, 9.17) is 0 Å². The molecule has 7 rings (SSSR count). The number of aromatic nitrogens is 6. The monoisotopic (exact) mass is 602 g/mol. The van der Waals surface area contributed by atoms with Crippen molar-refractivity contribution in [3.8, 4) is 0 Å². The number of aryl methyl sites for hydroxylation is 2. The summed E-state index contributed by atoms with van der Waals surface area (Å²) < 4.78 is 6.88. The van der Waals surface area contributed by atoms with Gasteiger partial charge in [-0.25, -0.2) is 0 Å². The molecule has 0 N–H and O–H groups in total. The number of carbonyl (C=O) groups is 2. The molecule has 40 heavy (non-hydrogen) atoms. The summed E-state index contributed by atoms with van der Waals surface area (Å²) in [6.07, 6.45) is 11.2. The van der Waals surface area contributed by atoms with Gasteiger partial charge in [-0.15, -0.1) is 5.10 Å². The average molecular weight is 604 g/mol. The molecular weight excluding hydrogens is 572 g/mol. The van der Waals surface area contributed by atoms with Gasteiger partial charge in [0, 0.05) is 72.5 Å². The van der Waals surface area contributed by atoms with Gasteiger partial charge < -0.3 is 14.4 Å². The molecule has 0 atom stereocenters. The standard InChI is InChI=1S/C29H31BrN8O2/c1-34-26-18-36(17-23(26)14-32-34)29(40)22-11-21-13-25(38(15-19-4-5-19)28(21)24(30)12-22)20-3-2-8-35(16-20)27(39)6-9-37-10-7-31-33-37/h3,7,10-14,19H,2,4-6,8-9,15-18H2,1H3. The molecule has 1 fully saturated rings. The zero-order chi connectivity index (χ0) is 27.4. The van der Waals surface area contributed by atoms with Gasteiger partial charge in [0.05, 0.1) is 36.7 Å². The number of benzene rings is 1. The molecule has 1 saturated carbocycles. The lowest BCUT2D eigenvalue weighted by Crippen LogP contribution is -2.36. The largest absolute Gasteiger partial charge is 0.340 e. The molecule has 10 nitrogen and oxygen atoms in total. The predicted octanol–water partition coefficient (Wildman–Crippen LogP) is 4.00. The summed E-state index contributed by atoms with van der Waals surface area (Å²) >= 11 is 3.83. The van der Waals surface area contributed by atoms with Crippen LogP contribution in [-0.2, 0) is 38.0 Å². The van der Waals surface area contributed by atoms with Gasteiger partial charge in [-0.05, 0) is 64.9 Å². The van der Waals surface area contributed by atoms with Crippen molar-refractivity contribution in [2.75, 3.05) is 13.1 Å². The summed E-state index contributed by atoms with van der Waals surface area (Å²) in [4.78, 5) is 30.5. The highest BCUT2D eigenvalue weighted by atomic mass is 79.9. The van der Waals surface area contributed by atoms with Crippen LogP contribution in [-0.4, -0.2) is 64.0 Å². The molecule has 0 radical (unpaired) electrons. The number of hydrogen-bond acceptors (Lipinski definition) is 5. The zero-order valence-electron chi connectivity index (χ0n) is 22.5. The molecule has 2 amide bonds. The zero-order valence-corrected chi connectivity index (χ0v) is 24.0. The normalized spacial score (nSPS) is 17.0. The van der Waals surface area contributed by atoms with Gasteiger partial charge in [0.15, 0.2) is 0 Å². The third-order valence-electron chi connectivity index (χ3n) is 8.33. The Labute approximate surface area is 240 Å². The van der Waals surface area contributed by atoms with Crippen LogP contribution in [0.1, 0.15) is 53.0 Å². The fourth-order valence-electron chi connectivity index (χ4n) is 5.97. The second kappa shape index (κ2) is 10.0. The maximum Gasteiger partial charge on any atom is 0.254 e. The quantitative estimate of drug-likeness (QED) is 0.319. The van der Waals surface area contributed by atoms with Crippen LogP contribution in [0.25, 0.3) is 16.5 Å². The van der Waals surface area contributed by atoms with Crippen molar-refractivity contribution in [2.24, 2.45) is 13.0 Å². The predicted molar refractivity (Wildman–Crippen MR) is 153 cm³/mol. The van der Waals surface area contributed by atoms with Gasteiger partial charge in [-0.3, -0.25) is 19.0 Å². The van der Waals surface area contributed by atoms with E-state index in [0.29, 0.717) is 44.1 Å². The summed E-state index contributed by atoms with van der Waals surface area (Å²) in [6, 6.07) is 6.20. The summed E-state index contributed by atoms with van der Waals surface area (Å²) in [5.41, 5.74) is 6.30. The van der Waals surface area contributed by atoms with E-state index >= 15 is 0 Å². The van der Waals surface area contributed by atoms with Crippen LogP contribution in [0.15, 0.2) is 47.3 Å². The van der Waals surface area contributed by atoms with Crippen LogP contribution in [0.3, 0.4) is 0 Å². The molecule has 0 bridgehead atoms. The van der Waals surface area contributed by atoms with E-state index in [-0.39, 0.29) is 11.8 Å². The topological polar surface area (TPSA) is 94.1 Å². The minimum absolute atomic E-state index is 0.0244. The fourth-order valence-corrected chi connectivity index (χ4v) is 6.66. The summed E-state index contributed by atoms with van der Waals surface area (Å²) in [7, 11) is 1.92. The highest BCUT2D eigenvalue weighted by Gasteiger charge is 2.30. The molecule has 3 aliphatic rings. The van der Waals surface area contributed by atoms with E-state index in [0.717, 1.165) is 51.8 Å². The SMILES string of the molecule is Cn1ncc2c1CN(C(=O)c1cc(Br)c3c(c1)cc(C1=CCCN(C(=O)CCn4ccnn4)C1)n3CC1CC1)C2. The highest BCUT2D eigenvalue weighted by molar-refractivity contribution is 9.10. The molecular formula is C29H31BrN8O2. The number of fused-ring (bicyclic) bond motifs is 2. The van der Waals surface area contributed by atoms with Gasteiger partial charge in [0.2, 0.25) is 5.91 Å². The maximum absolute atomic E-state index is 13.6. The number of amides is 2. The molecule has 206 valence electrons. The maximum atomic E-state index is 13.6. The Kier molecular flexibility index (Phi) is 6.33. The van der Waals surface area contributed by atoms with Crippen molar-refractivity contribution in [1.29, 1.82) is 0 Å². The number of carbonyl (C=O) groups excluding carboxylic acids is 2. The minimum Gasteiger partial charge on any atom is -0.340 e.